The second kappa shape index (κ2) is 6.35. The van der Waals surface area contributed by atoms with E-state index >= 15 is 0 Å². The number of ketones is 1. The third-order valence-electron chi connectivity index (χ3n) is 3.90. The van der Waals surface area contributed by atoms with Crippen molar-refractivity contribution >= 4 is 17.4 Å². The molecule has 3 aromatic rings. The molecular weight excluding hydrogens is 322 g/mol. The normalized spacial score (nSPS) is 10.8. The van der Waals surface area contributed by atoms with E-state index < -0.39 is 5.97 Å². The molecule has 0 bridgehead atoms. The fourth-order valence-electron chi connectivity index (χ4n) is 2.61. The number of aromatic nitrogens is 3. The first kappa shape index (κ1) is 16.6. The number of hydrogen-bond donors (Lipinski definition) is 0. The number of hydrogen-bond acceptors (Lipinski definition) is 5. The van der Waals surface area contributed by atoms with Gasteiger partial charge in [-0.05, 0) is 32.0 Å². The van der Waals surface area contributed by atoms with Crippen LogP contribution in [-0.4, -0.2) is 25.7 Å². The predicted octanol–water partition coefficient (Wildman–Crippen LogP) is 1.90. The Morgan fingerprint density at radius 3 is 2.68 bits per heavy atom. The van der Waals surface area contributed by atoms with Crippen LogP contribution in [0.3, 0.4) is 0 Å². The number of rotatable bonds is 4. The van der Waals surface area contributed by atoms with Crippen LogP contribution < -0.4 is 5.56 Å². The van der Waals surface area contributed by atoms with Gasteiger partial charge in [0.2, 0.25) is 0 Å². The Labute approximate surface area is 143 Å². The summed E-state index contributed by atoms with van der Waals surface area (Å²) in [6.45, 7) is 3.12. The SMILES string of the molecule is CC(=O)c1cc(C(=O)OCc2cc(=O)n3c(C)cccc3n2)n(C)c1. The van der Waals surface area contributed by atoms with E-state index in [0.29, 0.717) is 16.9 Å². The quantitative estimate of drug-likeness (QED) is 0.535. The summed E-state index contributed by atoms with van der Waals surface area (Å²) in [5, 5.41) is 0. The van der Waals surface area contributed by atoms with Gasteiger partial charge in [0.1, 0.15) is 17.9 Å². The zero-order valence-corrected chi connectivity index (χ0v) is 14.1. The lowest BCUT2D eigenvalue weighted by atomic mass is 10.2. The van der Waals surface area contributed by atoms with Crippen molar-refractivity contribution in [1.82, 2.24) is 14.0 Å². The highest BCUT2D eigenvalue weighted by Gasteiger charge is 2.16. The molecule has 3 heterocycles. The fraction of sp³-hybridized carbons (Fsp3) is 0.222. The predicted molar refractivity (Wildman–Crippen MR) is 90.7 cm³/mol. The van der Waals surface area contributed by atoms with Crippen LogP contribution in [0, 0.1) is 6.92 Å². The molecule has 0 aromatic carbocycles. The first-order chi connectivity index (χ1) is 11.9. The molecule has 0 aliphatic carbocycles. The largest absolute Gasteiger partial charge is 0.455 e. The fourth-order valence-corrected chi connectivity index (χ4v) is 2.61. The van der Waals surface area contributed by atoms with E-state index in [0.717, 1.165) is 5.69 Å². The average molecular weight is 339 g/mol. The van der Waals surface area contributed by atoms with Gasteiger partial charge in [0, 0.05) is 30.6 Å². The maximum absolute atomic E-state index is 12.2. The minimum absolute atomic E-state index is 0.126. The summed E-state index contributed by atoms with van der Waals surface area (Å²) in [6.07, 6.45) is 1.57. The molecule has 128 valence electrons. The highest BCUT2D eigenvalue weighted by Crippen LogP contribution is 2.11. The van der Waals surface area contributed by atoms with Crippen LogP contribution in [0.5, 0.6) is 0 Å². The van der Waals surface area contributed by atoms with Gasteiger partial charge >= 0.3 is 5.97 Å². The molecule has 7 nitrogen and oxygen atoms in total. The molecule has 0 unspecified atom stereocenters. The lowest BCUT2D eigenvalue weighted by Crippen LogP contribution is -2.18. The molecule has 0 fully saturated rings. The number of ether oxygens (including phenoxy) is 1. The molecule has 25 heavy (non-hydrogen) atoms. The second-order valence-electron chi connectivity index (χ2n) is 5.80. The minimum atomic E-state index is -0.582. The van der Waals surface area contributed by atoms with E-state index in [2.05, 4.69) is 4.98 Å². The van der Waals surface area contributed by atoms with E-state index in [1.165, 1.54) is 28.0 Å². The van der Waals surface area contributed by atoms with Crippen molar-refractivity contribution in [2.45, 2.75) is 20.5 Å². The van der Waals surface area contributed by atoms with Gasteiger partial charge in [-0.25, -0.2) is 9.78 Å². The maximum atomic E-state index is 12.2. The first-order valence-corrected chi connectivity index (χ1v) is 7.69. The number of Topliss-reactive ketones (excluding diaryl/α,β-unsaturated/α-hetero) is 1. The van der Waals surface area contributed by atoms with Crippen molar-refractivity contribution in [1.29, 1.82) is 0 Å². The lowest BCUT2D eigenvalue weighted by Gasteiger charge is -2.08. The van der Waals surface area contributed by atoms with Crippen LogP contribution in [0.4, 0.5) is 0 Å². The van der Waals surface area contributed by atoms with Crippen LogP contribution in [-0.2, 0) is 18.4 Å². The molecule has 0 radical (unpaired) electrons. The summed E-state index contributed by atoms with van der Waals surface area (Å²) < 4.78 is 8.26. The van der Waals surface area contributed by atoms with E-state index in [9.17, 15) is 14.4 Å². The monoisotopic (exact) mass is 339 g/mol. The summed E-state index contributed by atoms with van der Waals surface area (Å²) in [5.74, 6) is -0.713. The van der Waals surface area contributed by atoms with Gasteiger partial charge in [-0.15, -0.1) is 0 Å². The van der Waals surface area contributed by atoms with Gasteiger partial charge < -0.3 is 9.30 Å². The van der Waals surface area contributed by atoms with Crippen molar-refractivity contribution in [3.05, 3.63) is 69.5 Å². The van der Waals surface area contributed by atoms with E-state index in [1.54, 1.807) is 25.4 Å². The summed E-state index contributed by atoms with van der Waals surface area (Å²) in [7, 11) is 1.66. The zero-order valence-electron chi connectivity index (χ0n) is 14.1. The third kappa shape index (κ3) is 3.21. The Hall–Kier alpha value is -3.22. The highest BCUT2D eigenvalue weighted by molar-refractivity contribution is 5.97. The van der Waals surface area contributed by atoms with Gasteiger partial charge in [0.25, 0.3) is 5.56 Å². The van der Waals surface area contributed by atoms with E-state index in [4.69, 9.17) is 4.74 Å². The third-order valence-corrected chi connectivity index (χ3v) is 3.90. The highest BCUT2D eigenvalue weighted by atomic mass is 16.5. The number of nitrogens with zero attached hydrogens (tertiary/aromatic N) is 3. The number of fused-ring (bicyclic) bond motifs is 1. The second-order valence-corrected chi connectivity index (χ2v) is 5.80. The molecule has 0 saturated carbocycles. The Morgan fingerprint density at radius 2 is 2.00 bits per heavy atom. The Kier molecular flexibility index (Phi) is 4.22. The van der Waals surface area contributed by atoms with Crippen molar-refractivity contribution in [3.63, 3.8) is 0 Å². The Morgan fingerprint density at radius 1 is 1.24 bits per heavy atom. The number of esters is 1. The maximum Gasteiger partial charge on any atom is 0.355 e. The molecule has 0 spiro atoms. The van der Waals surface area contributed by atoms with E-state index in [1.807, 2.05) is 13.0 Å². The van der Waals surface area contributed by atoms with Gasteiger partial charge in [-0.2, -0.15) is 0 Å². The van der Waals surface area contributed by atoms with Crippen molar-refractivity contribution in [3.8, 4) is 0 Å². The van der Waals surface area contributed by atoms with Gasteiger partial charge in [-0.3, -0.25) is 14.0 Å². The summed E-state index contributed by atoms with van der Waals surface area (Å²) in [5.41, 5.74) is 2.11. The number of carbonyl (C=O) groups is 2. The topological polar surface area (TPSA) is 82.7 Å². The Balaban J connectivity index is 1.82. The number of carbonyl (C=O) groups excluding carboxylic acids is 2. The number of aryl methyl sites for hydroxylation is 2. The molecule has 0 amide bonds. The zero-order chi connectivity index (χ0) is 18.1. The molecule has 0 aliphatic rings. The lowest BCUT2D eigenvalue weighted by molar-refractivity contribution is 0.0456. The van der Waals surface area contributed by atoms with Gasteiger partial charge in [0.15, 0.2) is 5.78 Å². The first-order valence-electron chi connectivity index (χ1n) is 7.69. The standard InChI is InChI=1S/C18H17N3O4/c1-11-5-4-6-16-19-14(8-17(23)21(11)16)10-25-18(24)15-7-13(12(2)22)9-20(15)3/h4-9H,10H2,1-3H3. The van der Waals surface area contributed by atoms with Gasteiger partial charge in [0.05, 0.1) is 5.69 Å². The molecule has 0 aliphatic heterocycles. The van der Waals surface area contributed by atoms with Crippen LogP contribution in [0.25, 0.3) is 5.65 Å². The minimum Gasteiger partial charge on any atom is -0.455 e. The average Bonchev–Trinajstić information content (AvgIpc) is 2.94. The summed E-state index contributed by atoms with van der Waals surface area (Å²) >= 11 is 0. The molecule has 0 atom stereocenters. The molecule has 3 rings (SSSR count). The van der Waals surface area contributed by atoms with E-state index in [-0.39, 0.29) is 23.6 Å². The molecule has 0 N–H and O–H groups in total. The van der Waals surface area contributed by atoms with Gasteiger partial charge in [-0.1, -0.05) is 6.07 Å². The molecule has 0 saturated heterocycles. The molecule has 7 heteroatoms. The molecule has 3 aromatic heterocycles. The smallest absolute Gasteiger partial charge is 0.355 e. The van der Waals surface area contributed by atoms with Crippen LogP contribution in [0.1, 0.15) is 39.2 Å². The summed E-state index contributed by atoms with van der Waals surface area (Å²) in [4.78, 5) is 40.2. The molecular formula is C18H17N3O4. The number of pyridine rings is 1. The van der Waals surface area contributed by atoms with Crippen LogP contribution in [0.2, 0.25) is 0 Å². The Bertz CT molecular complexity index is 1050. The van der Waals surface area contributed by atoms with Crippen molar-refractivity contribution in [2.24, 2.45) is 7.05 Å². The van der Waals surface area contributed by atoms with Crippen LogP contribution >= 0.6 is 0 Å². The summed E-state index contributed by atoms with van der Waals surface area (Å²) in [6, 6.07) is 8.17. The van der Waals surface area contributed by atoms with Crippen LogP contribution in [0.15, 0.2) is 41.3 Å². The van der Waals surface area contributed by atoms with Crippen molar-refractivity contribution in [2.75, 3.05) is 0 Å². The van der Waals surface area contributed by atoms with Crippen molar-refractivity contribution < 1.29 is 14.3 Å².